The summed E-state index contributed by atoms with van der Waals surface area (Å²) in [6.07, 6.45) is 3.61. The molecule has 0 saturated heterocycles. The lowest BCUT2D eigenvalue weighted by atomic mass is 9.92. The lowest BCUT2D eigenvalue weighted by Crippen LogP contribution is -2.33. The van der Waals surface area contributed by atoms with Crippen molar-refractivity contribution in [3.05, 3.63) is 0 Å². The standard InChI is InChI=1S/C10H21NO/c1-8(12)7-11-9-4-5-10(2,3)6-9/h8-9,11-12H,4-7H2,1-3H3/t8-,9?/m1/s1. The van der Waals surface area contributed by atoms with Crippen molar-refractivity contribution in [2.24, 2.45) is 5.41 Å². The molecule has 0 heterocycles. The summed E-state index contributed by atoms with van der Waals surface area (Å²) in [6, 6.07) is 0.634. The third-order valence-corrected chi connectivity index (χ3v) is 2.67. The van der Waals surface area contributed by atoms with Crippen molar-refractivity contribution in [1.29, 1.82) is 0 Å². The first-order chi connectivity index (χ1) is 5.49. The average molecular weight is 171 g/mol. The van der Waals surface area contributed by atoms with E-state index in [0.29, 0.717) is 11.5 Å². The fourth-order valence-electron chi connectivity index (χ4n) is 1.95. The fraction of sp³-hybridized carbons (Fsp3) is 1.00. The van der Waals surface area contributed by atoms with Crippen LogP contribution >= 0.6 is 0 Å². The summed E-state index contributed by atoms with van der Waals surface area (Å²) in [5.41, 5.74) is 0.510. The van der Waals surface area contributed by atoms with Crippen molar-refractivity contribution < 1.29 is 5.11 Å². The molecular formula is C10H21NO. The Morgan fingerprint density at radius 1 is 1.58 bits per heavy atom. The average Bonchev–Trinajstić information content (AvgIpc) is 2.26. The summed E-state index contributed by atoms with van der Waals surface area (Å²) < 4.78 is 0. The molecular weight excluding hydrogens is 150 g/mol. The van der Waals surface area contributed by atoms with E-state index < -0.39 is 0 Å². The van der Waals surface area contributed by atoms with Crippen LogP contribution in [-0.2, 0) is 0 Å². The molecule has 1 saturated carbocycles. The van der Waals surface area contributed by atoms with Crippen LogP contribution in [0.2, 0.25) is 0 Å². The van der Waals surface area contributed by atoms with Crippen molar-refractivity contribution in [2.75, 3.05) is 6.54 Å². The minimum atomic E-state index is -0.214. The number of hydrogen-bond acceptors (Lipinski definition) is 2. The van der Waals surface area contributed by atoms with Gasteiger partial charge < -0.3 is 10.4 Å². The second-order valence-corrected chi connectivity index (χ2v) is 4.86. The van der Waals surface area contributed by atoms with Gasteiger partial charge in [-0.25, -0.2) is 0 Å². The zero-order chi connectivity index (χ0) is 9.19. The summed E-state index contributed by atoms with van der Waals surface area (Å²) in [5.74, 6) is 0. The zero-order valence-electron chi connectivity index (χ0n) is 8.43. The monoisotopic (exact) mass is 171 g/mol. The molecule has 1 aliphatic carbocycles. The Labute approximate surface area is 75.4 Å². The summed E-state index contributed by atoms with van der Waals surface area (Å²) >= 11 is 0. The zero-order valence-corrected chi connectivity index (χ0v) is 8.43. The maximum Gasteiger partial charge on any atom is 0.0636 e. The highest BCUT2D eigenvalue weighted by atomic mass is 16.3. The van der Waals surface area contributed by atoms with Crippen LogP contribution in [-0.4, -0.2) is 23.8 Å². The lowest BCUT2D eigenvalue weighted by molar-refractivity contribution is 0.185. The molecule has 1 fully saturated rings. The molecule has 0 spiro atoms. The van der Waals surface area contributed by atoms with E-state index in [-0.39, 0.29) is 6.10 Å². The van der Waals surface area contributed by atoms with E-state index in [1.54, 1.807) is 0 Å². The smallest absolute Gasteiger partial charge is 0.0636 e. The van der Waals surface area contributed by atoms with Gasteiger partial charge in [0, 0.05) is 12.6 Å². The topological polar surface area (TPSA) is 32.3 Å². The maximum absolute atomic E-state index is 9.08. The van der Waals surface area contributed by atoms with Gasteiger partial charge in [-0.05, 0) is 31.6 Å². The number of aliphatic hydroxyl groups is 1. The second-order valence-electron chi connectivity index (χ2n) is 4.86. The number of rotatable bonds is 3. The molecule has 72 valence electrons. The highest BCUT2D eigenvalue weighted by Crippen LogP contribution is 2.36. The minimum absolute atomic E-state index is 0.214. The van der Waals surface area contributed by atoms with Crippen molar-refractivity contribution in [2.45, 2.75) is 52.2 Å². The Balaban J connectivity index is 2.20. The van der Waals surface area contributed by atoms with Crippen LogP contribution in [0.15, 0.2) is 0 Å². The molecule has 2 N–H and O–H groups in total. The van der Waals surface area contributed by atoms with Crippen LogP contribution in [0.5, 0.6) is 0 Å². The van der Waals surface area contributed by atoms with E-state index in [1.165, 1.54) is 19.3 Å². The molecule has 0 radical (unpaired) electrons. The molecule has 2 atom stereocenters. The highest BCUT2D eigenvalue weighted by molar-refractivity contribution is 4.86. The second kappa shape index (κ2) is 3.75. The number of nitrogens with one attached hydrogen (secondary N) is 1. The third kappa shape index (κ3) is 3.11. The predicted molar refractivity (Wildman–Crippen MR) is 51.1 cm³/mol. The summed E-state index contributed by atoms with van der Waals surface area (Å²) in [4.78, 5) is 0. The normalized spacial score (nSPS) is 30.5. The first-order valence-corrected chi connectivity index (χ1v) is 4.91. The largest absolute Gasteiger partial charge is 0.392 e. The first-order valence-electron chi connectivity index (χ1n) is 4.91. The lowest BCUT2D eigenvalue weighted by Gasteiger charge is -2.18. The van der Waals surface area contributed by atoms with Gasteiger partial charge in [0.1, 0.15) is 0 Å². The summed E-state index contributed by atoms with van der Waals surface area (Å²) in [5, 5.41) is 12.5. The van der Waals surface area contributed by atoms with E-state index in [1.807, 2.05) is 6.92 Å². The van der Waals surface area contributed by atoms with Gasteiger partial charge in [0.25, 0.3) is 0 Å². The molecule has 2 heteroatoms. The van der Waals surface area contributed by atoms with Gasteiger partial charge >= 0.3 is 0 Å². The Bertz CT molecular complexity index is 143. The van der Waals surface area contributed by atoms with Gasteiger partial charge in [0.2, 0.25) is 0 Å². The van der Waals surface area contributed by atoms with Gasteiger partial charge in [-0.15, -0.1) is 0 Å². The summed E-state index contributed by atoms with van der Waals surface area (Å²) in [6.45, 7) is 7.20. The first kappa shape index (κ1) is 10.0. The van der Waals surface area contributed by atoms with Crippen LogP contribution in [0, 0.1) is 5.41 Å². The number of aliphatic hydroxyl groups excluding tert-OH is 1. The molecule has 12 heavy (non-hydrogen) atoms. The molecule has 0 aromatic heterocycles. The van der Waals surface area contributed by atoms with Crippen LogP contribution < -0.4 is 5.32 Å². The van der Waals surface area contributed by atoms with Crippen LogP contribution in [0.25, 0.3) is 0 Å². The van der Waals surface area contributed by atoms with Crippen molar-refractivity contribution in [3.63, 3.8) is 0 Å². The number of hydrogen-bond donors (Lipinski definition) is 2. The molecule has 2 nitrogen and oxygen atoms in total. The third-order valence-electron chi connectivity index (χ3n) is 2.67. The van der Waals surface area contributed by atoms with Gasteiger partial charge in [-0.2, -0.15) is 0 Å². The van der Waals surface area contributed by atoms with Crippen LogP contribution in [0.1, 0.15) is 40.0 Å². The molecule has 1 unspecified atom stereocenters. The quantitative estimate of drug-likeness (QED) is 0.675. The Morgan fingerprint density at radius 2 is 2.25 bits per heavy atom. The predicted octanol–water partition coefficient (Wildman–Crippen LogP) is 1.54. The molecule has 1 rings (SSSR count). The van der Waals surface area contributed by atoms with Crippen molar-refractivity contribution in [3.8, 4) is 0 Å². The van der Waals surface area contributed by atoms with Crippen molar-refractivity contribution in [1.82, 2.24) is 5.32 Å². The van der Waals surface area contributed by atoms with Gasteiger partial charge in [-0.3, -0.25) is 0 Å². The highest BCUT2D eigenvalue weighted by Gasteiger charge is 2.30. The summed E-state index contributed by atoms with van der Waals surface area (Å²) in [7, 11) is 0. The Morgan fingerprint density at radius 3 is 2.67 bits per heavy atom. The Kier molecular flexibility index (Phi) is 3.13. The molecule has 0 amide bonds. The molecule has 0 aliphatic heterocycles. The van der Waals surface area contributed by atoms with E-state index in [4.69, 9.17) is 5.11 Å². The molecule has 0 aromatic rings. The SMILES string of the molecule is C[C@@H](O)CNC1CCC(C)(C)C1. The van der Waals surface area contributed by atoms with Gasteiger partial charge in [-0.1, -0.05) is 13.8 Å². The van der Waals surface area contributed by atoms with E-state index >= 15 is 0 Å². The maximum atomic E-state index is 9.08. The molecule has 0 aromatic carbocycles. The van der Waals surface area contributed by atoms with Gasteiger partial charge in [0.05, 0.1) is 6.10 Å². The van der Waals surface area contributed by atoms with Gasteiger partial charge in [0.15, 0.2) is 0 Å². The molecule has 1 aliphatic rings. The molecule has 0 bridgehead atoms. The van der Waals surface area contributed by atoms with Crippen molar-refractivity contribution >= 4 is 0 Å². The Hall–Kier alpha value is -0.0800. The van der Waals surface area contributed by atoms with Crippen LogP contribution in [0.4, 0.5) is 0 Å². The van der Waals surface area contributed by atoms with E-state index in [0.717, 1.165) is 6.54 Å². The minimum Gasteiger partial charge on any atom is -0.392 e. The van der Waals surface area contributed by atoms with E-state index in [9.17, 15) is 0 Å². The van der Waals surface area contributed by atoms with E-state index in [2.05, 4.69) is 19.2 Å². The fourth-order valence-corrected chi connectivity index (χ4v) is 1.95. The van der Waals surface area contributed by atoms with Crippen LogP contribution in [0.3, 0.4) is 0 Å².